The molecule has 1 aromatic rings. The highest BCUT2D eigenvalue weighted by atomic mass is 28.4. The smallest absolute Gasteiger partial charge is 0.242 e. The Morgan fingerprint density at radius 3 is 2.06 bits per heavy atom. The van der Waals surface area contributed by atoms with Gasteiger partial charge in [-0.3, -0.25) is 0 Å². The van der Waals surface area contributed by atoms with Gasteiger partial charge in [-0.1, -0.05) is 0 Å². The Kier molecular flexibility index (Phi) is 4.18. The SMILES string of the molecule is CC=C(O[Si](C)(C)C)c1ccc(OC)cc1. The van der Waals surface area contributed by atoms with E-state index in [1.54, 1.807) is 7.11 Å². The van der Waals surface area contributed by atoms with E-state index < -0.39 is 8.32 Å². The summed E-state index contributed by atoms with van der Waals surface area (Å²) in [5, 5.41) is 0. The summed E-state index contributed by atoms with van der Waals surface area (Å²) in [7, 11) is 0.125. The van der Waals surface area contributed by atoms with E-state index in [-0.39, 0.29) is 0 Å². The van der Waals surface area contributed by atoms with Crippen molar-refractivity contribution >= 4 is 14.1 Å². The number of methoxy groups -OCH3 is 1. The third-order valence-electron chi connectivity index (χ3n) is 2.05. The minimum Gasteiger partial charge on any atom is -0.544 e. The second-order valence-electron chi connectivity index (χ2n) is 4.60. The van der Waals surface area contributed by atoms with Crippen LogP contribution in [0.1, 0.15) is 12.5 Å². The normalized spacial score (nSPS) is 12.4. The van der Waals surface area contributed by atoms with Crippen LogP contribution in [0.5, 0.6) is 5.75 Å². The van der Waals surface area contributed by atoms with Gasteiger partial charge in [0.05, 0.1) is 7.11 Å². The monoisotopic (exact) mass is 236 g/mol. The Labute approximate surface area is 99.0 Å². The van der Waals surface area contributed by atoms with Gasteiger partial charge in [0.1, 0.15) is 11.5 Å². The first-order valence-corrected chi connectivity index (χ1v) is 8.87. The Balaban J connectivity index is 2.88. The average molecular weight is 236 g/mol. The molecule has 88 valence electrons. The molecular weight excluding hydrogens is 216 g/mol. The number of benzene rings is 1. The maximum atomic E-state index is 6.01. The van der Waals surface area contributed by atoms with Gasteiger partial charge in [-0.25, -0.2) is 0 Å². The summed E-state index contributed by atoms with van der Waals surface area (Å²) in [6.07, 6.45) is 2.01. The largest absolute Gasteiger partial charge is 0.544 e. The van der Waals surface area contributed by atoms with E-state index in [1.165, 1.54) is 0 Å². The van der Waals surface area contributed by atoms with Crippen LogP contribution < -0.4 is 4.74 Å². The fourth-order valence-electron chi connectivity index (χ4n) is 1.37. The lowest BCUT2D eigenvalue weighted by Crippen LogP contribution is -2.24. The van der Waals surface area contributed by atoms with Crippen molar-refractivity contribution in [1.82, 2.24) is 0 Å². The molecule has 1 aromatic carbocycles. The molecule has 0 amide bonds. The van der Waals surface area contributed by atoms with Gasteiger partial charge in [-0.2, -0.15) is 0 Å². The lowest BCUT2D eigenvalue weighted by Gasteiger charge is -2.22. The van der Waals surface area contributed by atoms with Crippen molar-refractivity contribution in [3.05, 3.63) is 35.9 Å². The van der Waals surface area contributed by atoms with E-state index in [2.05, 4.69) is 19.6 Å². The van der Waals surface area contributed by atoms with E-state index in [1.807, 2.05) is 37.3 Å². The van der Waals surface area contributed by atoms with Crippen molar-refractivity contribution in [1.29, 1.82) is 0 Å². The van der Waals surface area contributed by atoms with Crippen molar-refractivity contribution in [2.45, 2.75) is 26.6 Å². The summed E-state index contributed by atoms with van der Waals surface area (Å²) in [4.78, 5) is 0. The predicted molar refractivity (Wildman–Crippen MR) is 71.1 cm³/mol. The van der Waals surface area contributed by atoms with E-state index in [4.69, 9.17) is 9.16 Å². The summed E-state index contributed by atoms with van der Waals surface area (Å²) in [6.45, 7) is 8.54. The molecule has 0 aliphatic carbocycles. The fraction of sp³-hybridized carbons (Fsp3) is 0.385. The Morgan fingerprint density at radius 1 is 1.12 bits per heavy atom. The lowest BCUT2D eigenvalue weighted by atomic mass is 10.2. The van der Waals surface area contributed by atoms with Gasteiger partial charge in [-0.05, 0) is 56.9 Å². The molecular formula is C13H20O2Si. The molecule has 0 atom stereocenters. The zero-order valence-corrected chi connectivity index (χ0v) is 11.7. The highest BCUT2D eigenvalue weighted by Gasteiger charge is 2.18. The highest BCUT2D eigenvalue weighted by molar-refractivity contribution is 6.70. The lowest BCUT2D eigenvalue weighted by molar-refractivity contribution is 0.414. The molecule has 0 heterocycles. The summed E-state index contributed by atoms with van der Waals surface area (Å²) in [5.41, 5.74) is 1.10. The maximum Gasteiger partial charge on any atom is 0.242 e. The molecule has 16 heavy (non-hydrogen) atoms. The molecule has 0 saturated carbocycles. The number of hydrogen-bond donors (Lipinski definition) is 0. The maximum absolute atomic E-state index is 6.01. The molecule has 0 aliphatic heterocycles. The van der Waals surface area contributed by atoms with Crippen molar-refractivity contribution in [2.24, 2.45) is 0 Å². The van der Waals surface area contributed by atoms with E-state index in [9.17, 15) is 0 Å². The molecule has 0 fully saturated rings. The van der Waals surface area contributed by atoms with Crippen LogP contribution >= 0.6 is 0 Å². The summed E-state index contributed by atoms with van der Waals surface area (Å²) < 4.78 is 11.1. The third kappa shape index (κ3) is 3.74. The molecule has 0 spiro atoms. The Morgan fingerprint density at radius 2 is 1.69 bits per heavy atom. The summed E-state index contributed by atoms with van der Waals surface area (Å²) in [5.74, 6) is 1.83. The quantitative estimate of drug-likeness (QED) is 0.583. The van der Waals surface area contributed by atoms with Gasteiger partial charge in [0.25, 0.3) is 0 Å². The van der Waals surface area contributed by atoms with Crippen LogP contribution in [0.2, 0.25) is 19.6 Å². The second kappa shape index (κ2) is 5.21. The molecule has 0 N–H and O–H groups in total. The standard InChI is InChI=1S/C13H20O2Si/c1-6-13(15-16(3,4)5)11-7-9-12(14-2)10-8-11/h6-10H,1-5H3. The third-order valence-corrected chi connectivity index (χ3v) is 2.89. The average Bonchev–Trinajstić information content (AvgIpc) is 2.25. The van der Waals surface area contributed by atoms with E-state index >= 15 is 0 Å². The van der Waals surface area contributed by atoms with E-state index in [0.717, 1.165) is 17.1 Å². The van der Waals surface area contributed by atoms with Crippen LogP contribution in [0.4, 0.5) is 0 Å². The Bertz CT molecular complexity index is 361. The molecule has 1 rings (SSSR count). The van der Waals surface area contributed by atoms with Gasteiger partial charge in [0.15, 0.2) is 0 Å². The first kappa shape index (κ1) is 12.8. The van der Waals surface area contributed by atoms with Crippen molar-refractivity contribution in [3.63, 3.8) is 0 Å². The first-order valence-electron chi connectivity index (χ1n) is 5.46. The first-order chi connectivity index (χ1) is 7.46. The van der Waals surface area contributed by atoms with Crippen LogP contribution in [-0.4, -0.2) is 15.4 Å². The zero-order valence-electron chi connectivity index (χ0n) is 10.7. The summed E-state index contributed by atoms with van der Waals surface area (Å²) in [6, 6.07) is 7.95. The molecule has 0 aliphatic rings. The fourth-order valence-corrected chi connectivity index (χ4v) is 2.27. The molecule has 0 aromatic heterocycles. The topological polar surface area (TPSA) is 18.5 Å². The minimum absolute atomic E-state index is 0.868. The van der Waals surface area contributed by atoms with E-state index in [0.29, 0.717) is 0 Å². The zero-order chi connectivity index (χ0) is 12.2. The van der Waals surface area contributed by atoms with Crippen molar-refractivity contribution < 1.29 is 9.16 Å². The van der Waals surface area contributed by atoms with Gasteiger partial charge >= 0.3 is 0 Å². The summed E-state index contributed by atoms with van der Waals surface area (Å²) >= 11 is 0. The van der Waals surface area contributed by atoms with Gasteiger partial charge in [-0.15, -0.1) is 0 Å². The predicted octanol–water partition coefficient (Wildman–Crippen LogP) is 3.91. The van der Waals surface area contributed by atoms with Crippen molar-refractivity contribution in [3.8, 4) is 5.75 Å². The number of rotatable bonds is 4. The molecule has 0 radical (unpaired) electrons. The number of allylic oxidation sites excluding steroid dienone is 1. The van der Waals surface area contributed by atoms with Crippen molar-refractivity contribution in [2.75, 3.05) is 7.11 Å². The van der Waals surface area contributed by atoms with Crippen LogP contribution in [0.15, 0.2) is 30.3 Å². The number of hydrogen-bond acceptors (Lipinski definition) is 2. The van der Waals surface area contributed by atoms with Crippen LogP contribution in [-0.2, 0) is 4.43 Å². The van der Waals surface area contributed by atoms with Gasteiger partial charge < -0.3 is 9.16 Å². The highest BCUT2D eigenvalue weighted by Crippen LogP contribution is 2.23. The minimum atomic E-state index is -1.55. The molecule has 0 saturated heterocycles. The number of ether oxygens (including phenoxy) is 1. The van der Waals surface area contributed by atoms with Crippen LogP contribution in [0, 0.1) is 0 Å². The van der Waals surface area contributed by atoms with Crippen LogP contribution in [0.3, 0.4) is 0 Å². The molecule has 3 heteroatoms. The molecule has 2 nitrogen and oxygen atoms in total. The second-order valence-corrected chi connectivity index (χ2v) is 9.02. The Hall–Kier alpha value is -1.22. The van der Waals surface area contributed by atoms with Gasteiger partial charge in [0, 0.05) is 5.56 Å². The molecule has 0 bridgehead atoms. The molecule has 0 unspecified atom stereocenters. The van der Waals surface area contributed by atoms with Gasteiger partial charge in [0.2, 0.25) is 8.32 Å². The van der Waals surface area contributed by atoms with Crippen LogP contribution in [0.25, 0.3) is 5.76 Å².